The van der Waals surface area contributed by atoms with Crippen LogP contribution in [0.4, 0.5) is 17.2 Å². The number of benzene rings is 2. The molecule has 1 fully saturated rings. The van der Waals surface area contributed by atoms with E-state index in [1.807, 2.05) is 24.3 Å². The van der Waals surface area contributed by atoms with Gasteiger partial charge in [-0.15, -0.1) is 0 Å². The molecule has 0 spiro atoms. The third-order valence-corrected chi connectivity index (χ3v) is 4.82. The fourth-order valence-electron chi connectivity index (χ4n) is 3.26. The molecule has 1 N–H and O–H groups in total. The van der Waals surface area contributed by atoms with Crippen molar-refractivity contribution in [3.63, 3.8) is 0 Å². The second-order valence-corrected chi connectivity index (χ2v) is 6.58. The molecule has 1 aromatic heterocycles. The molecule has 1 aliphatic heterocycles. The molecule has 3 aromatic rings. The second kappa shape index (κ2) is 7.70. The van der Waals surface area contributed by atoms with Crippen LogP contribution in [0.5, 0.6) is 0 Å². The molecule has 0 saturated carbocycles. The Kier molecular flexibility index (Phi) is 5.39. The van der Waals surface area contributed by atoms with E-state index in [1.54, 1.807) is 6.33 Å². The highest BCUT2D eigenvalue weighted by Crippen LogP contribution is 2.26. The summed E-state index contributed by atoms with van der Waals surface area (Å²) in [6, 6.07) is 16.7. The van der Waals surface area contributed by atoms with Crippen molar-refractivity contribution in [1.29, 1.82) is 0 Å². The van der Waals surface area contributed by atoms with Crippen LogP contribution in [0.15, 0.2) is 54.9 Å². The zero-order valence-corrected chi connectivity index (χ0v) is 15.1. The fraction of sp³-hybridized carbons (Fsp3) is 0.300. The summed E-state index contributed by atoms with van der Waals surface area (Å²) in [4.78, 5) is 11.2. The van der Waals surface area contributed by atoms with Crippen LogP contribution in [0.2, 0.25) is 0 Å². The molecule has 1 saturated heterocycles. The number of nitrogens with one attached hydrogen (secondary N) is 1. The zero-order valence-electron chi connectivity index (χ0n) is 14.3. The number of hydrogen-bond donors (Lipinski definition) is 1. The third kappa shape index (κ3) is 3.85. The van der Waals surface area contributed by atoms with E-state index in [-0.39, 0.29) is 12.4 Å². The Labute approximate surface area is 154 Å². The van der Waals surface area contributed by atoms with Gasteiger partial charge in [-0.1, -0.05) is 19.1 Å². The highest BCUT2D eigenvalue weighted by molar-refractivity contribution is 5.90. The van der Waals surface area contributed by atoms with E-state index in [1.165, 1.54) is 18.5 Å². The summed E-state index contributed by atoms with van der Waals surface area (Å²) in [7, 11) is 0. The Bertz CT molecular complexity index is 821. The van der Waals surface area contributed by atoms with Gasteiger partial charge in [0.1, 0.15) is 12.1 Å². The van der Waals surface area contributed by atoms with Gasteiger partial charge in [-0.3, -0.25) is 0 Å². The Balaban J connectivity index is 0.00000182. The molecule has 0 amide bonds. The summed E-state index contributed by atoms with van der Waals surface area (Å²) in [6.07, 6.45) is 4.17. The first kappa shape index (κ1) is 17.5. The van der Waals surface area contributed by atoms with Gasteiger partial charge < -0.3 is 22.6 Å². The van der Waals surface area contributed by atoms with Gasteiger partial charge in [0.25, 0.3) is 0 Å². The standard InChI is InChI=1S/C20H22N4.ClH/c1-15-10-12-24(13-11-15)17-8-6-16(7-9-17)23-20-18-4-2-3-5-19(18)21-14-22-20;/h2-9,14-15H,10-13H2,1H3,(H,21,22,23);1H/p-1. The highest BCUT2D eigenvalue weighted by atomic mass is 35.5. The van der Waals surface area contributed by atoms with Crippen molar-refractivity contribution < 1.29 is 12.4 Å². The molecule has 5 heteroatoms. The quantitative estimate of drug-likeness (QED) is 0.776. The van der Waals surface area contributed by atoms with Crippen molar-refractivity contribution >= 4 is 28.1 Å². The first-order chi connectivity index (χ1) is 11.8. The second-order valence-electron chi connectivity index (χ2n) is 6.58. The number of anilines is 3. The minimum atomic E-state index is 0. The zero-order chi connectivity index (χ0) is 16.4. The van der Waals surface area contributed by atoms with E-state index >= 15 is 0 Å². The maximum absolute atomic E-state index is 4.39. The summed E-state index contributed by atoms with van der Waals surface area (Å²) in [6.45, 7) is 4.66. The van der Waals surface area contributed by atoms with Crippen LogP contribution in [0.3, 0.4) is 0 Å². The molecule has 0 bridgehead atoms. The predicted octanol–water partition coefficient (Wildman–Crippen LogP) is 1.61. The number of rotatable bonds is 3. The van der Waals surface area contributed by atoms with Gasteiger partial charge in [0.05, 0.1) is 5.52 Å². The minimum Gasteiger partial charge on any atom is -1.00 e. The van der Waals surface area contributed by atoms with Crippen LogP contribution in [-0.4, -0.2) is 23.1 Å². The number of hydrogen-bond acceptors (Lipinski definition) is 4. The van der Waals surface area contributed by atoms with Crippen LogP contribution < -0.4 is 22.6 Å². The largest absolute Gasteiger partial charge is 1.00 e. The predicted molar refractivity (Wildman–Crippen MR) is 99.9 cm³/mol. The molecule has 1 aliphatic rings. The lowest BCUT2D eigenvalue weighted by molar-refractivity contribution is -0.00000497. The molecule has 4 nitrogen and oxygen atoms in total. The Morgan fingerprint density at radius 1 is 0.960 bits per heavy atom. The van der Waals surface area contributed by atoms with Crippen molar-refractivity contribution in [1.82, 2.24) is 9.97 Å². The number of piperidine rings is 1. The van der Waals surface area contributed by atoms with E-state index in [0.717, 1.165) is 41.4 Å². The molecule has 0 aliphatic carbocycles. The van der Waals surface area contributed by atoms with Crippen molar-refractivity contribution in [2.24, 2.45) is 5.92 Å². The molecule has 0 unspecified atom stereocenters. The van der Waals surface area contributed by atoms with Gasteiger partial charge in [-0.25, -0.2) is 9.97 Å². The average Bonchev–Trinajstić information content (AvgIpc) is 2.63. The topological polar surface area (TPSA) is 41.0 Å². The molecular weight excluding hydrogens is 332 g/mol. The van der Waals surface area contributed by atoms with Crippen molar-refractivity contribution in [2.75, 3.05) is 23.3 Å². The summed E-state index contributed by atoms with van der Waals surface area (Å²) < 4.78 is 0. The van der Waals surface area contributed by atoms with Crippen molar-refractivity contribution in [3.8, 4) is 0 Å². The molecule has 2 aromatic carbocycles. The Morgan fingerprint density at radius 2 is 1.68 bits per heavy atom. The first-order valence-electron chi connectivity index (χ1n) is 8.61. The smallest absolute Gasteiger partial charge is 0.141 e. The van der Waals surface area contributed by atoms with Crippen LogP contribution in [-0.2, 0) is 0 Å². The summed E-state index contributed by atoms with van der Waals surface area (Å²) in [5.41, 5.74) is 3.31. The lowest BCUT2D eigenvalue weighted by Crippen LogP contribution is -3.00. The lowest BCUT2D eigenvalue weighted by atomic mass is 9.99. The molecule has 4 rings (SSSR count). The summed E-state index contributed by atoms with van der Waals surface area (Å²) in [5, 5.41) is 4.45. The molecule has 0 atom stereocenters. The third-order valence-electron chi connectivity index (χ3n) is 4.82. The Hall–Kier alpha value is -2.33. The molecular formula is C20H22ClN4-. The van der Waals surface area contributed by atoms with E-state index in [2.05, 4.69) is 51.4 Å². The van der Waals surface area contributed by atoms with E-state index in [9.17, 15) is 0 Å². The van der Waals surface area contributed by atoms with Gasteiger partial charge >= 0.3 is 0 Å². The molecule has 25 heavy (non-hydrogen) atoms. The van der Waals surface area contributed by atoms with Gasteiger partial charge in [-0.05, 0) is 55.2 Å². The number of aromatic nitrogens is 2. The Morgan fingerprint density at radius 3 is 2.44 bits per heavy atom. The van der Waals surface area contributed by atoms with Gasteiger partial charge in [0, 0.05) is 29.9 Å². The fourth-order valence-corrected chi connectivity index (χ4v) is 3.26. The number of halogens is 1. The van der Waals surface area contributed by atoms with Crippen LogP contribution in [0.25, 0.3) is 10.9 Å². The molecule has 0 radical (unpaired) electrons. The normalized spacial score (nSPS) is 15.0. The average molecular weight is 354 g/mol. The summed E-state index contributed by atoms with van der Waals surface area (Å²) in [5.74, 6) is 1.70. The molecule has 130 valence electrons. The number of fused-ring (bicyclic) bond motifs is 1. The van der Waals surface area contributed by atoms with Gasteiger partial charge in [-0.2, -0.15) is 0 Å². The van der Waals surface area contributed by atoms with Crippen LogP contribution in [0, 0.1) is 5.92 Å². The first-order valence-corrected chi connectivity index (χ1v) is 8.61. The van der Waals surface area contributed by atoms with Crippen LogP contribution in [0.1, 0.15) is 19.8 Å². The number of nitrogens with zero attached hydrogens (tertiary/aromatic N) is 3. The van der Waals surface area contributed by atoms with Gasteiger partial charge in [0.15, 0.2) is 0 Å². The molecule has 2 heterocycles. The van der Waals surface area contributed by atoms with Gasteiger partial charge in [0.2, 0.25) is 0 Å². The van der Waals surface area contributed by atoms with E-state index in [0.29, 0.717) is 0 Å². The monoisotopic (exact) mass is 353 g/mol. The number of para-hydroxylation sites is 1. The van der Waals surface area contributed by atoms with Crippen molar-refractivity contribution in [2.45, 2.75) is 19.8 Å². The maximum atomic E-state index is 4.39. The SMILES string of the molecule is CC1CCN(c2ccc(Nc3ncnc4ccccc34)cc2)CC1.[Cl-]. The van der Waals surface area contributed by atoms with E-state index < -0.39 is 0 Å². The van der Waals surface area contributed by atoms with Crippen molar-refractivity contribution in [3.05, 3.63) is 54.9 Å². The summed E-state index contributed by atoms with van der Waals surface area (Å²) >= 11 is 0. The minimum absolute atomic E-state index is 0. The van der Waals surface area contributed by atoms with Crippen LogP contribution >= 0.6 is 0 Å². The highest BCUT2D eigenvalue weighted by Gasteiger charge is 2.15. The maximum Gasteiger partial charge on any atom is 0.141 e. The van der Waals surface area contributed by atoms with E-state index in [4.69, 9.17) is 0 Å². The lowest BCUT2D eigenvalue weighted by Gasteiger charge is -2.32.